The molecule has 0 saturated heterocycles. The molecule has 34 heavy (non-hydrogen) atoms. The highest BCUT2D eigenvalue weighted by atomic mass is 16.4. The topological polar surface area (TPSA) is 200 Å². The summed E-state index contributed by atoms with van der Waals surface area (Å²) in [6.45, 7) is 8.41. The molecule has 0 spiro atoms. The lowest BCUT2D eigenvalue weighted by molar-refractivity contribution is -0.144. The highest BCUT2D eigenvalue weighted by Crippen LogP contribution is 2.13. The maximum absolute atomic E-state index is 13.0. The number of carbonyl (C=O) groups excluding carboxylic acids is 3. The first-order valence-electron chi connectivity index (χ1n) is 11.5. The minimum Gasteiger partial charge on any atom is -0.480 e. The number of aliphatic carboxylic acids is 1. The molecular formula is C22H38N6O6. The summed E-state index contributed by atoms with van der Waals surface area (Å²) >= 11 is 0. The van der Waals surface area contributed by atoms with Crippen molar-refractivity contribution >= 4 is 23.7 Å². The standard InChI is InChI=1S/C22H38N6O6/c1-6-11(3)16(20(31)27-17(22(33)34)12(4)7-2)26-21(32)18(13(5)29)28-19(30)15(23)8-14-9-24-10-25-14/h9-13,15-18,29H,6-8,23H2,1-5H3,(H,24,25)(H,26,32)(H,27,31)(H,28,30)(H,33,34). The van der Waals surface area contributed by atoms with E-state index in [1.54, 1.807) is 13.8 Å². The molecule has 7 atom stereocenters. The van der Waals surface area contributed by atoms with E-state index in [9.17, 15) is 29.4 Å². The zero-order valence-corrected chi connectivity index (χ0v) is 20.4. The number of imidazole rings is 1. The van der Waals surface area contributed by atoms with E-state index in [-0.39, 0.29) is 18.3 Å². The van der Waals surface area contributed by atoms with Gasteiger partial charge in [-0.3, -0.25) is 14.4 Å². The van der Waals surface area contributed by atoms with Crippen LogP contribution in [0.5, 0.6) is 0 Å². The van der Waals surface area contributed by atoms with Gasteiger partial charge in [-0.15, -0.1) is 0 Å². The van der Waals surface area contributed by atoms with Crippen molar-refractivity contribution in [3.8, 4) is 0 Å². The lowest BCUT2D eigenvalue weighted by Crippen LogP contribution is -2.61. The van der Waals surface area contributed by atoms with E-state index < -0.39 is 54.0 Å². The number of amides is 3. The molecule has 0 aliphatic heterocycles. The van der Waals surface area contributed by atoms with Crippen molar-refractivity contribution < 1.29 is 29.4 Å². The summed E-state index contributed by atoms with van der Waals surface area (Å²) in [5.41, 5.74) is 6.54. The molecule has 0 fully saturated rings. The number of hydrogen-bond donors (Lipinski definition) is 7. The van der Waals surface area contributed by atoms with E-state index in [4.69, 9.17) is 5.73 Å². The van der Waals surface area contributed by atoms with E-state index in [1.165, 1.54) is 19.4 Å². The Labute approximate surface area is 199 Å². The zero-order valence-electron chi connectivity index (χ0n) is 20.4. The summed E-state index contributed by atoms with van der Waals surface area (Å²) in [6.07, 6.45) is 2.88. The van der Waals surface area contributed by atoms with Crippen LogP contribution in [0.15, 0.2) is 12.5 Å². The Morgan fingerprint density at radius 1 is 0.941 bits per heavy atom. The number of aliphatic hydroxyl groups excluding tert-OH is 1. The van der Waals surface area contributed by atoms with Gasteiger partial charge in [0.15, 0.2) is 0 Å². The van der Waals surface area contributed by atoms with E-state index in [2.05, 4.69) is 25.9 Å². The van der Waals surface area contributed by atoms with Gasteiger partial charge in [0.05, 0.1) is 18.5 Å². The second-order valence-corrected chi connectivity index (χ2v) is 8.70. The van der Waals surface area contributed by atoms with Crippen LogP contribution in [0, 0.1) is 11.8 Å². The number of hydrogen-bond acceptors (Lipinski definition) is 7. The number of nitrogens with two attached hydrogens (primary N) is 1. The Morgan fingerprint density at radius 3 is 1.91 bits per heavy atom. The Bertz CT molecular complexity index is 815. The Kier molecular flexibility index (Phi) is 11.7. The summed E-state index contributed by atoms with van der Waals surface area (Å²) in [4.78, 5) is 56.7. The van der Waals surface area contributed by atoms with Crippen LogP contribution in [-0.2, 0) is 25.6 Å². The molecule has 0 radical (unpaired) electrons. The minimum atomic E-state index is -1.37. The molecule has 8 N–H and O–H groups in total. The number of nitrogens with one attached hydrogen (secondary N) is 4. The second-order valence-electron chi connectivity index (χ2n) is 8.70. The molecule has 0 aromatic carbocycles. The lowest BCUT2D eigenvalue weighted by Gasteiger charge is -2.29. The molecule has 12 heteroatoms. The van der Waals surface area contributed by atoms with Crippen molar-refractivity contribution in [3.05, 3.63) is 18.2 Å². The Morgan fingerprint density at radius 2 is 1.44 bits per heavy atom. The third kappa shape index (κ3) is 8.41. The number of carbonyl (C=O) groups is 4. The van der Waals surface area contributed by atoms with Crippen LogP contribution in [0.3, 0.4) is 0 Å². The Balaban J connectivity index is 2.95. The maximum Gasteiger partial charge on any atom is 0.326 e. The number of H-pyrrole nitrogens is 1. The molecule has 0 saturated carbocycles. The summed E-state index contributed by atoms with van der Waals surface area (Å²) in [5.74, 6) is -3.94. The molecule has 1 heterocycles. The number of nitrogens with zero attached hydrogens (tertiary/aromatic N) is 1. The van der Waals surface area contributed by atoms with Gasteiger partial charge >= 0.3 is 5.97 Å². The molecular weight excluding hydrogens is 444 g/mol. The van der Waals surface area contributed by atoms with Gasteiger partial charge in [-0.25, -0.2) is 9.78 Å². The number of aromatic nitrogens is 2. The second kappa shape index (κ2) is 13.7. The van der Waals surface area contributed by atoms with Crippen molar-refractivity contribution in [2.45, 2.75) is 84.2 Å². The minimum absolute atomic E-state index is 0.143. The van der Waals surface area contributed by atoms with Crippen molar-refractivity contribution in [2.75, 3.05) is 0 Å². The highest BCUT2D eigenvalue weighted by molar-refractivity contribution is 5.94. The molecule has 1 rings (SSSR count). The number of aromatic amines is 1. The SMILES string of the molecule is CCC(C)C(NC(=O)C(NC(=O)C(NC(=O)C(N)Cc1cnc[nH]1)C(C)O)C(C)CC)C(=O)O. The molecule has 3 amide bonds. The zero-order chi connectivity index (χ0) is 26.0. The molecule has 0 aliphatic rings. The number of aliphatic hydroxyl groups is 1. The largest absolute Gasteiger partial charge is 0.480 e. The average Bonchev–Trinajstić information content (AvgIpc) is 3.30. The van der Waals surface area contributed by atoms with E-state index in [0.717, 1.165) is 0 Å². The number of rotatable bonds is 14. The number of carboxylic acids is 1. The van der Waals surface area contributed by atoms with E-state index in [0.29, 0.717) is 18.5 Å². The summed E-state index contributed by atoms with van der Waals surface area (Å²) < 4.78 is 0. The van der Waals surface area contributed by atoms with Crippen LogP contribution in [0.1, 0.15) is 53.2 Å². The predicted molar refractivity (Wildman–Crippen MR) is 124 cm³/mol. The predicted octanol–water partition coefficient (Wildman–Crippen LogP) is -0.708. The Hall–Kier alpha value is -2.99. The van der Waals surface area contributed by atoms with Crippen molar-refractivity contribution in [1.29, 1.82) is 0 Å². The van der Waals surface area contributed by atoms with Gasteiger partial charge in [0.2, 0.25) is 17.7 Å². The van der Waals surface area contributed by atoms with Crippen LogP contribution in [0.2, 0.25) is 0 Å². The maximum atomic E-state index is 13.0. The van der Waals surface area contributed by atoms with E-state index >= 15 is 0 Å². The van der Waals surface area contributed by atoms with Crippen LogP contribution < -0.4 is 21.7 Å². The van der Waals surface area contributed by atoms with Crippen LogP contribution in [-0.4, -0.2) is 74.1 Å². The average molecular weight is 483 g/mol. The first-order chi connectivity index (χ1) is 15.9. The fourth-order valence-electron chi connectivity index (χ4n) is 3.26. The lowest BCUT2D eigenvalue weighted by atomic mass is 9.95. The van der Waals surface area contributed by atoms with Crippen LogP contribution >= 0.6 is 0 Å². The summed E-state index contributed by atoms with van der Waals surface area (Å²) in [6, 6.07) is -4.56. The first kappa shape index (κ1) is 29.0. The van der Waals surface area contributed by atoms with Gasteiger partial charge < -0.3 is 36.9 Å². The van der Waals surface area contributed by atoms with Gasteiger partial charge in [0.1, 0.15) is 18.1 Å². The van der Waals surface area contributed by atoms with Gasteiger partial charge in [-0.1, -0.05) is 40.5 Å². The molecule has 1 aromatic heterocycles. The van der Waals surface area contributed by atoms with Crippen LogP contribution in [0.4, 0.5) is 0 Å². The molecule has 1 aromatic rings. The van der Waals surface area contributed by atoms with Crippen molar-refractivity contribution in [2.24, 2.45) is 17.6 Å². The number of carboxylic acid groups (broad SMARTS) is 1. The normalized spacial score (nSPS) is 17.4. The smallest absolute Gasteiger partial charge is 0.326 e. The molecule has 0 bridgehead atoms. The molecule has 7 unspecified atom stereocenters. The van der Waals surface area contributed by atoms with Gasteiger partial charge in [-0.05, 0) is 18.8 Å². The molecule has 192 valence electrons. The first-order valence-corrected chi connectivity index (χ1v) is 11.5. The van der Waals surface area contributed by atoms with Crippen LogP contribution in [0.25, 0.3) is 0 Å². The van der Waals surface area contributed by atoms with Crippen molar-refractivity contribution in [1.82, 2.24) is 25.9 Å². The summed E-state index contributed by atoms with van der Waals surface area (Å²) in [7, 11) is 0. The quantitative estimate of drug-likeness (QED) is 0.180. The molecule has 0 aliphatic carbocycles. The van der Waals surface area contributed by atoms with Crippen molar-refractivity contribution in [3.63, 3.8) is 0 Å². The summed E-state index contributed by atoms with van der Waals surface area (Å²) in [5, 5.41) is 27.1. The van der Waals surface area contributed by atoms with Gasteiger partial charge in [0, 0.05) is 18.3 Å². The fourth-order valence-corrected chi connectivity index (χ4v) is 3.26. The third-order valence-electron chi connectivity index (χ3n) is 5.96. The monoisotopic (exact) mass is 482 g/mol. The third-order valence-corrected chi connectivity index (χ3v) is 5.96. The van der Waals surface area contributed by atoms with E-state index in [1.807, 2.05) is 13.8 Å². The van der Waals surface area contributed by atoms with Gasteiger partial charge in [0.25, 0.3) is 0 Å². The highest BCUT2D eigenvalue weighted by Gasteiger charge is 2.35. The molecule has 12 nitrogen and oxygen atoms in total. The van der Waals surface area contributed by atoms with Gasteiger partial charge in [-0.2, -0.15) is 0 Å². The fraction of sp³-hybridized carbons (Fsp3) is 0.682.